The minimum atomic E-state index is -2.33. The first-order chi connectivity index (χ1) is 5.08. The monoisotopic (exact) mass is 201 g/mol. The SMILES string of the molecule is CCN(CC)CC.O=C([O-])[O-].[Ca+2]. The summed E-state index contributed by atoms with van der Waals surface area (Å²) in [6, 6.07) is 0. The number of hydrogen-bond donors (Lipinski definition) is 0. The van der Waals surface area contributed by atoms with E-state index < -0.39 is 6.16 Å². The van der Waals surface area contributed by atoms with Gasteiger partial charge < -0.3 is 19.9 Å². The Morgan fingerprint density at radius 2 is 1.25 bits per heavy atom. The molecule has 0 aromatic heterocycles. The molecule has 0 aliphatic carbocycles. The molecule has 0 bridgehead atoms. The average molecular weight is 201 g/mol. The third-order valence-corrected chi connectivity index (χ3v) is 1.34. The third kappa shape index (κ3) is 22.4. The van der Waals surface area contributed by atoms with Gasteiger partial charge in [0.1, 0.15) is 0 Å². The number of carboxylic acid groups (broad SMARTS) is 2. The molecule has 0 amide bonds. The van der Waals surface area contributed by atoms with Crippen LogP contribution >= 0.6 is 0 Å². The summed E-state index contributed by atoms with van der Waals surface area (Å²) in [7, 11) is 0. The summed E-state index contributed by atoms with van der Waals surface area (Å²) in [6.45, 7) is 10.1. The normalized spacial score (nSPS) is 8.00. The molecule has 0 unspecified atom stereocenters. The van der Waals surface area contributed by atoms with Crippen molar-refractivity contribution < 1.29 is 15.0 Å². The smallest absolute Gasteiger partial charge is 0.652 e. The molecule has 0 spiro atoms. The van der Waals surface area contributed by atoms with Gasteiger partial charge in [-0.2, -0.15) is 0 Å². The van der Waals surface area contributed by atoms with Gasteiger partial charge in [-0.25, -0.2) is 0 Å². The molecule has 0 heterocycles. The molecule has 0 aromatic carbocycles. The zero-order valence-corrected chi connectivity index (χ0v) is 10.2. The van der Waals surface area contributed by atoms with Crippen molar-refractivity contribution in [1.82, 2.24) is 4.90 Å². The first kappa shape index (κ1) is 18.3. The molecule has 0 atom stereocenters. The van der Waals surface area contributed by atoms with Crippen molar-refractivity contribution >= 4 is 43.9 Å². The summed E-state index contributed by atoms with van der Waals surface area (Å²) < 4.78 is 0. The first-order valence-electron chi connectivity index (χ1n) is 3.68. The molecule has 5 heteroatoms. The van der Waals surface area contributed by atoms with Gasteiger partial charge in [-0.15, -0.1) is 0 Å². The van der Waals surface area contributed by atoms with Crippen molar-refractivity contribution in [1.29, 1.82) is 0 Å². The fraction of sp³-hybridized carbons (Fsp3) is 0.857. The van der Waals surface area contributed by atoms with Crippen molar-refractivity contribution in [3.63, 3.8) is 0 Å². The number of nitrogens with zero attached hydrogens (tertiary/aromatic N) is 1. The maximum atomic E-state index is 8.33. The second-order valence-corrected chi connectivity index (χ2v) is 1.87. The Bertz CT molecular complexity index is 87.1. The summed E-state index contributed by atoms with van der Waals surface area (Å²) in [4.78, 5) is 10.7. The molecule has 68 valence electrons. The largest absolute Gasteiger partial charge is 2.00 e. The van der Waals surface area contributed by atoms with Crippen LogP contribution in [0.25, 0.3) is 0 Å². The van der Waals surface area contributed by atoms with Gasteiger partial charge in [-0.1, -0.05) is 20.8 Å². The molecule has 0 N–H and O–H groups in total. The van der Waals surface area contributed by atoms with Gasteiger partial charge in [0.25, 0.3) is 0 Å². The Hall–Kier alpha value is 0.490. The Kier molecular flexibility index (Phi) is 21.4. The first-order valence-corrected chi connectivity index (χ1v) is 3.68. The molecular weight excluding hydrogens is 186 g/mol. The van der Waals surface area contributed by atoms with Crippen LogP contribution in [0.2, 0.25) is 0 Å². The molecule has 0 aromatic rings. The maximum absolute atomic E-state index is 8.33. The molecule has 0 aliphatic heterocycles. The van der Waals surface area contributed by atoms with Gasteiger partial charge in [0.2, 0.25) is 0 Å². The van der Waals surface area contributed by atoms with Gasteiger partial charge in [0.15, 0.2) is 0 Å². The van der Waals surface area contributed by atoms with Crippen LogP contribution in [-0.2, 0) is 0 Å². The van der Waals surface area contributed by atoms with E-state index in [1.165, 1.54) is 19.6 Å². The minimum absolute atomic E-state index is 0. The van der Waals surface area contributed by atoms with Crippen LogP contribution < -0.4 is 10.2 Å². The van der Waals surface area contributed by atoms with Crippen LogP contribution in [0.5, 0.6) is 0 Å². The summed E-state index contributed by atoms with van der Waals surface area (Å²) >= 11 is 0. The minimum Gasteiger partial charge on any atom is -0.652 e. The standard InChI is InChI=1S/C6H15N.CH2O3.Ca/c1-4-7(5-2)6-3;2-1(3)4;/h4-6H2,1-3H3;(H2,2,3,4);/q;;+2/p-2. The van der Waals surface area contributed by atoms with Gasteiger partial charge >= 0.3 is 37.7 Å². The molecule has 0 radical (unpaired) electrons. The Morgan fingerprint density at radius 1 is 1.08 bits per heavy atom. The van der Waals surface area contributed by atoms with Gasteiger partial charge in [-0.3, -0.25) is 0 Å². The van der Waals surface area contributed by atoms with Crippen molar-refractivity contribution in [2.24, 2.45) is 0 Å². The fourth-order valence-corrected chi connectivity index (χ4v) is 0.671. The van der Waals surface area contributed by atoms with E-state index in [0.717, 1.165) is 0 Å². The Morgan fingerprint density at radius 3 is 1.25 bits per heavy atom. The zero-order chi connectivity index (χ0) is 9.28. The summed E-state index contributed by atoms with van der Waals surface area (Å²) in [5.74, 6) is 0. The summed E-state index contributed by atoms with van der Waals surface area (Å²) in [6.07, 6.45) is -2.33. The van der Waals surface area contributed by atoms with Crippen LogP contribution in [0, 0.1) is 0 Å². The molecule has 0 saturated carbocycles. The van der Waals surface area contributed by atoms with Crippen LogP contribution in [0.15, 0.2) is 0 Å². The van der Waals surface area contributed by atoms with Crippen molar-refractivity contribution in [3.05, 3.63) is 0 Å². The summed E-state index contributed by atoms with van der Waals surface area (Å²) in [5, 5.41) is 16.7. The molecule has 0 fully saturated rings. The second kappa shape index (κ2) is 14.0. The van der Waals surface area contributed by atoms with E-state index in [4.69, 9.17) is 15.0 Å². The van der Waals surface area contributed by atoms with E-state index in [9.17, 15) is 0 Å². The average Bonchev–Trinajstić information content (AvgIpc) is 1.90. The number of carbonyl (C=O) groups is 1. The van der Waals surface area contributed by atoms with Crippen molar-refractivity contribution in [3.8, 4) is 0 Å². The van der Waals surface area contributed by atoms with Crippen LogP contribution in [0.4, 0.5) is 4.79 Å². The van der Waals surface area contributed by atoms with E-state index in [1.807, 2.05) is 0 Å². The number of hydrogen-bond acceptors (Lipinski definition) is 4. The van der Waals surface area contributed by atoms with E-state index in [2.05, 4.69) is 25.7 Å². The van der Waals surface area contributed by atoms with Gasteiger partial charge in [0, 0.05) is 0 Å². The van der Waals surface area contributed by atoms with Crippen LogP contribution in [-0.4, -0.2) is 68.4 Å². The quantitative estimate of drug-likeness (QED) is 0.522. The predicted molar refractivity (Wildman–Crippen MR) is 44.6 cm³/mol. The predicted octanol–water partition coefficient (Wildman–Crippen LogP) is -1.48. The second-order valence-electron chi connectivity index (χ2n) is 1.87. The van der Waals surface area contributed by atoms with Crippen LogP contribution in [0.1, 0.15) is 20.8 Å². The summed E-state index contributed by atoms with van der Waals surface area (Å²) in [5.41, 5.74) is 0. The topological polar surface area (TPSA) is 66.4 Å². The molecule has 0 rings (SSSR count). The third-order valence-electron chi connectivity index (χ3n) is 1.34. The Balaban J connectivity index is -0.000000142. The van der Waals surface area contributed by atoms with Gasteiger partial charge in [-0.05, 0) is 25.8 Å². The molecule has 4 nitrogen and oxygen atoms in total. The maximum Gasteiger partial charge on any atom is 2.00 e. The number of carbonyl (C=O) groups excluding carboxylic acids is 1. The van der Waals surface area contributed by atoms with E-state index in [-0.39, 0.29) is 37.7 Å². The van der Waals surface area contributed by atoms with Crippen LogP contribution in [0.3, 0.4) is 0 Å². The molecular formula is C7H15CaNO3. The van der Waals surface area contributed by atoms with Crippen molar-refractivity contribution in [2.75, 3.05) is 19.6 Å². The van der Waals surface area contributed by atoms with E-state index in [0.29, 0.717) is 0 Å². The van der Waals surface area contributed by atoms with Crippen molar-refractivity contribution in [2.45, 2.75) is 20.8 Å². The molecule has 12 heavy (non-hydrogen) atoms. The molecule has 0 aliphatic rings. The number of rotatable bonds is 3. The Labute approximate surface area is 104 Å². The van der Waals surface area contributed by atoms with Gasteiger partial charge in [0.05, 0.1) is 0 Å². The zero-order valence-electron chi connectivity index (χ0n) is 8.00. The van der Waals surface area contributed by atoms with E-state index in [1.54, 1.807) is 0 Å². The fourth-order valence-electron chi connectivity index (χ4n) is 0.671. The molecule has 0 saturated heterocycles. The van der Waals surface area contributed by atoms with E-state index >= 15 is 0 Å².